The van der Waals surface area contributed by atoms with Crippen LogP contribution in [-0.4, -0.2) is 34.5 Å². The Morgan fingerprint density at radius 2 is 1.73 bits per heavy atom. The maximum Gasteiger partial charge on any atom is 0.320 e. The summed E-state index contributed by atoms with van der Waals surface area (Å²) in [6.45, 7) is 0.494. The molecule has 0 fully saturated rings. The van der Waals surface area contributed by atoms with E-state index >= 15 is 0 Å². The lowest BCUT2D eigenvalue weighted by atomic mass is 10.3. The summed E-state index contributed by atoms with van der Waals surface area (Å²) in [6.07, 6.45) is 0.152. The van der Waals surface area contributed by atoms with Crippen molar-refractivity contribution in [1.82, 2.24) is 5.32 Å². The molecule has 0 rings (SSSR count). The van der Waals surface area contributed by atoms with Crippen LogP contribution in [0.1, 0.15) is 12.8 Å². The second-order valence-electron chi connectivity index (χ2n) is 2.66. The molecule has 0 aromatic heterocycles. The highest BCUT2D eigenvalue weighted by molar-refractivity contribution is 7.33. The zero-order valence-corrected chi connectivity index (χ0v) is 10.1. The molecule has 15 heavy (non-hydrogen) atoms. The first kappa shape index (κ1) is 15.2. The molecular formula is C5H15NO7P2. The topological polar surface area (TPSA) is 125 Å². The number of hydrogen-bond acceptors (Lipinski definition) is 6. The van der Waals surface area contributed by atoms with Crippen LogP contribution in [0.5, 0.6) is 0 Å². The first-order chi connectivity index (χ1) is 6.89. The first-order valence-electron chi connectivity index (χ1n) is 4.10. The van der Waals surface area contributed by atoms with Gasteiger partial charge in [-0.25, -0.2) is 0 Å². The molecular weight excluding hydrogens is 248 g/mol. The minimum absolute atomic E-state index is 0.193. The van der Waals surface area contributed by atoms with Crippen molar-refractivity contribution in [3.05, 3.63) is 0 Å². The Hall–Kier alpha value is 0.220. The Balaban J connectivity index is 4.26. The fraction of sp³-hybridized carbons (Fsp3) is 1.00. The van der Waals surface area contributed by atoms with Crippen molar-refractivity contribution in [3.63, 3.8) is 0 Å². The molecule has 92 valence electrons. The number of hydrogen-bond donors (Lipinski definition) is 4. The highest BCUT2D eigenvalue weighted by Crippen LogP contribution is 2.35. The highest BCUT2D eigenvalue weighted by Gasteiger charge is 2.32. The van der Waals surface area contributed by atoms with Crippen LogP contribution in [-0.2, 0) is 18.2 Å². The summed E-state index contributed by atoms with van der Waals surface area (Å²) in [4.78, 5) is 16.9. The van der Waals surface area contributed by atoms with Crippen molar-refractivity contribution in [3.8, 4) is 0 Å². The van der Waals surface area contributed by atoms with Crippen molar-refractivity contribution >= 4 is 16.5 Å². The molecule has 2 unspecified atom stereocenters. The van der Waals surface area contributed by atoms with E-state index in [9.17, 15) is 14.2 Å². The van der Waals surface area contributed by atoms with E-state index in [2.05, 4.69) is 14.4 Å². The molecule has 0 aliphatic heterocycles. The van der Waals surface area contributed by atoms with E-state index in [1.807, 2.05) is 0 Å². The van der Waals surface area contributed by atoms with Crippen LogP contribution in [0.2, 0.25) is 0 Å². The molecule has 0 aliphatic rings. The SMILES string of the molecule is CNCCCC(O)(O[PH](=O)O)O[PH](=O)O. The maximum absolute atomic E-state index is 10.4. The monoisotopic (exact) mass is 263 g/mol. The van der Waals surface area contributed by atoms with Gasteiger partial charge in [0.25, 0.3) is 5.97 Å². The zero-order chi connectivity index (χ0) is 11.9. The Labute approximate surface area is 88.1 Å². The van der Waals surface area contributed by atoms with Crippen LogP contribution in [0.3, 0.4) is 0 Å². The fourth-order valence-corrected chi connectivity index (χ4v) is 1.80. The Bertz CT molecular complexity index is 219. The molecule has 0 spiro atoms. The van der Waals surface area contributed by atoms with Crippen LogP contribution >= 0.6 is 16.5 Å². The Morgan fingerprint density at radius 3 is 2.07 bits per heavy atom. The molecule has 0 saturated carbocycles. The van der Waals surface area contributed by atoms with Gasteiger partial charge < -0.3 is 20.2 Å². The number of nitrogens with one attached hydrogen (secondary N) is 1. The molecule has 0 saturated heterocycles. The van der Waals surface area contributed by atoms with Gasteiger partial charge in [0.15, 0.2) is 0 Å². The van der Waals surface area contributed by atoms with Gasteiger partial charge in [0.05, 0.1) is 0 Å². The molecule has 0 aromatic rings. The van der Waals surface area contributed by atoms with E-state index in [0.717, 1.165) is 0 Å². The van der Waals surface area contributed by atoms with Crippen LogP contribution in [0.15, 0.2) is 0 Å². The molecule has 0 heterocycles. The third-order valence-corrected chi connectivity index (χ3v) is 2.40. The average Bonchev–Trinajstić information content (AvgIpc) is 2.00. The predicted octanol–water partition coefficient (Wildman–Crippen LogP) is -0.571. The van der Waals surface area contributed by atoms with Gasteiger partial charge in [-0.3, -0.25) is 18.2 Å². The minimum Gasteiger partial charge on any atom is -0.343 e. The van der Waals surface area contributed by atoms with Gasteiger partial charge >= 0.3 is 16.5 Å². The van der Waals surface area contributed by atoms with Crippen molar-refractivity contribution in [2.24, 2.45) is 0 Å². The minimum atomic E-state index is -3.45. The summed E-state index contributed by atoms with van der Waals surface area (Å²) in [5.41, 5.74) is 0. The van der Waals surface area contributed by atoms with E-state index in [4.69, 9.17) is 9.79 Å². The van der Waals surface area contributed by atoms with E-state index in [0.29, 0.717) is 13.0 Å². The molecule has 4 N–H and O–H groups in total. The summed E-state index contributed by atoms with van der Waals surface area (Å²) in [7, 11) is -5.23. The third kappa shape index (κ3) is 8.07. The lowest BCUT2D eigenvalue weighted by Gasteiger charge is -2.24. The van der Waals surface area contributed by atoms with Crippen LogP contribution in [0.25, 0.3) is 0 Å². The Kier molecular flexibility index (Phi) is 7.60. The normalized spacial score (nSPS) is 19.5. The summed E-state index contributed by atoms with van der Waals surface area (Å²) in [5.74, 6) is -2.48. The van der Waals surface area contributed by atoms with Gasteiger partial charge in [-0.2, -0.15) is 0 Å². The maximum atomic E-state index is 10.4. The van der Waals surface area contributed by atoms with Crippen LogP contribution < -0.4 is 5.32 Å². The summed E-state index contributed by atoms with van der Waals surface area (Å²) in [5, 5.41) is 12.2. The predicted molar refractivity (Wildman–Crippen MR) is 52.7 cm³/mol. The fourth-order valence-electron chi connectivity index (χ4n) is 0.884. The summed E-state index contributed by atoms with van der Waals surface area (Å²) >= 11 is 0. The standard InChI is InChI=1S/C5H15NO7P2/c1-6-4-2-3-5(7,12-14(8)9)13-15(10)11/h6-7,14-15H,2-4H2,1H3,(H,8,9)(H,10,11). The number of rotatable bonds is 8. The molecule has 8 nitrogen and oxygen atoms in total. The third-order valence-electron chi connectivity index (χ3n) is 1.41. The van der Waals surface area contributed by atoms with Crippen molar-refractivity contribution in [1.29, 1.82) is 0 Å². The van der Waals surface area contributed by atoms with Gasteiger partial charge in [-0.1, -0.05) is 0 Å². The second-order valence-corrected chi connectivity index (χ2v) is 4.13. The Morgan fingerprint density at radius 1 is 1.27 bits per heavy atom. The average molecular weight is 263 g/mol. The quantitative estimate of drug-likeness (QED) is 0.260. The molecule has 0 aliphatic carbocycles. The molecule has 0 radical (unpaired) electrons. The zero-order valence-electron chi connectivity index (χ0n) is 8.10. The van der Waals surface area contributed by atoms with E-state index in [-0.39, 0.29) is 6.42 Å². The van der Waals surface area contributed by atoms with Crippen molar-refractivity contribution < 1.29 is 33.1 Å². The lowest BCUT2D eigenvalue weighted by Crippen LogP contribution is -2.32. The highest BCUT2D eigenvalue weighted by atomic mass is 31.1. The van der Waals surface area contributed by atoms with Gasteiger partial charge in [-0.05, 0) is 20.0 Å². The largest absolute Gasteiger partial charge is 0.343 e. The molecule has 0 aromatic carbocycles. The van der Waals surface area contributed by atoms with E-state index in [1.165, 1.54) is 0 Å². The number of aliphatic hydroxyl groups is 1. The summed E-state index contributed by atoms with van der Waals surface area (Å²) in [6, 6.07) is 0. The lowest BCUT2D eigenvalue weighted by molar-refractivity contribution is -0.277. The first-order valence-corrected chi connectivity index (χ1v) is 6.63. The van der Waals surface area contributed by atoms with Crippen LogP contribution in [0.4, 0.5) is 0 Å². The van der Waals surface area contributed by atoms with Gasteiger partial charge in [0.1, 0.15) is 0 Å². The van der Waals surface area contributed by atoms with Gasteiger partial charge in [-0.15, -0.1) is 0 Å². The van der Waals surface area contributed by atoms with E-state index in [1.54, 1.807) is 7.05 Å². The second kappa shape index (κ2) is 7.49. The van der Waals surface area contributed by atoms with Gasteiger partial charge in [0.2, 0.25) is 0 Å². The summed E-state index contributed by atoms with van der Waals surface area (Å²) < 4.78 is 29.1. The molecule has 2 atom stereocenters. The van der Waals surface area contributed by atoms with E-state index < -0.39 is 22.5 Å². The van der Waals surface area contributed by atoms with Crippen molar-refractivity contribution in [2.45, 2.75) is 18.8 Å². The molecule has 0 amide bonds. The van der Waals surface area contributed by atoms with Crippen molar-refractivity contribution in [2.75, 3.05) is 13.6 Å². The van der Waals surface area contributed by atoms with Gasteiger partial charge in [0, 0.05) is 6.42 Å². The van der Waals surface area contributed by atoms with Crippen LogP contribution in [0, 0.1) is 0 Å². The smallest absolute Gasteiger partial charge is 0.320 e. The molecule has 0 bridgehead atoms. The molecule has 10 heteroatoms.